The van der Waals surface area contributed by atoms with Crippen LogP contribution in [0.3, 0.4) is 0 Å². The highest BCUT2D eigenvalue weighted by molar-refractivity contribution is 7.11. The molecule has 1 saturated heterocycles. The second kappa shape index (κ2) is 6.38. The van der Waals surface area contributed by atoms with Gasteiger partial charge in [0, 0.05) is 12.6 Å². The first-order valence-electron chi connectivity index (χ1n) is 7.44. The predicted octanol–water partition coefficient (Wildman–Crippen LogP) is 4.16. The van der Waals surface area contributed by atoms with Crippen LogP contribution >= 0.6 is 11.3 Å². The zero-order valence-corrected chi connectivity index (χ0v) is 13.5. The number of hydrogen-bond acceptors (Lipinski definition) is 4. The van der Waals surface area contributed by atoms with E-state index >= 15 is 0 Å². The molecule has 1 fully saturated rings. The number of nitrogens with zero attached hydrogens (tertiary/aromatic N) is 3. The first kappa shape index (κ1) is 15.5. The highest BCUT2D eigenvalue weighted by atomic mass is 32.1. The molecular weight excluding hydrogens is 304 g/mol. The third-order valence-electron chi connectivity index (χ3n) is 4.26. The van der Waals surface area contributed by atoms with Gasteiger partial charge in [-0.3, -0.25) is 4.90 Å². The fraction of sp³-hybridized carbons (Fsp3) is 0.500. The molecule has 1 aromatic carbocycles. The summed E-state index contributed by atoms with van der Waals surface area (Å²) in [5, 5.41) is 7.94. The Morgan fingerprint density at radius 3 is 2.64 bits per heavy atom. The maximum atomic E-state index is 12.6. The molecule has 3 rings (SSSR count). The summed E-state index contributed by atoms with van der Waals surface area (Å²) in [6.07, 6.45) is -1.44. The van der Waals surface area contributed by atoms with E-state index in [0.717, 1.165) is 24.3 Å². The van der Waals surface area contributed by atoms with Crippen LogP contribution in [0.1, 0.15) is 46.8 Å². The molecule has 0 aliphatic carbocycles. The van der Waals surface area contributed by atoms with Gasteiger partial charge in [-0.1, -0.05) is 41.2 Å². The van der Waals surface area contributed by atoms with Gasteiger partial charge in [0.2, 0.25) is 0 Å². The van der Waals surface area contributed by atoms with Crippen LogP contribution < -0.4 is 0 Å². The Kier molecular flexibility index (Phi) is 4.49. The minimum atomic E-state index is -2.53. The lowest BCUT2D eigenvalue weighted by molar-refractivity contribution is 0.150. The van der Waals surface area contributed by atoms with Crippen molar-refractivity contribution in [1.29, 1.82) is 0 Å². The second-order valence-corrected chi connectivity index (χ2v) is 7.05. The Morgan fingerprint density at radius 2 is 2.00 bits per heavy atom. The molecular formula is C16H19F2N3S. The van der Waals surface area contributed by atoms with Gasteiger partial charge in [-0.2, -0.15) is 0 Å². The second-order valence-electron chi connectivity index (χ2n) is 5.96. The number of halogens is 2. The maximum Gasteiger partial charge on any atom is 0.291 e. The minimum Gasteiger partial charge on any atom is -0.293 e. The molecule has 2 heterocycles. The van der Waals surface area contributed by atoms with Crippen molar-refractivity contribution < 1.29 is 8.78 Å². The van der Waals surface area contributed by atoms with Crippen molar-refractivity contribution in [2.45, 2.75) is 45.2 Å². The lowest BCUT2D eigenvalue weighted by atomic mass is 9.96. The van der Waals surface area contributed by atoms with Crippen molar-refractivity contribution in [1.82, 2.24) is 15.1 Å². The van der Waals surface area contributed by atoms with E-state index in [-0.39, 0.29) is 5.01 Å². The van der Waals surface area contributed by atoms with E-state index in [1.807, 2.05) is 0 Å². The minimum absolute atomic E-state index is 0.183. The van der Waals surface area contributed by atoms with Gasteiger partial charge in [0.25, 0.3) is 6.43 Å². The van der Waals surface area contributed by atoms with Crippen LogP contribution in [-0.2, 0) is 6.54 Å². The highest BCUT2D eigenvalue weighted by Crippen LogP contribution is 2.33. The summed E-state index contributed by atoms with van der Waals surface area (Å²) < 4.78 is 25.2. The fourth-order valence-electron chi connectivity index (χ4n) is 2.99. The maximum absolute atomic E-state index is 12.6. The van der Waals surface area contributed by atoms with Crippen LogP contribution in [0.4, 0.5) is 8.78 Å². The summed E-state index contributed by atoms with van der Waals surface area (Å²) in [6, 6.07) is 9.08. The highest BCUT2D eigenvalue weighted by Gasteiger charge is 2.30. The first-order valence-corrected chi connectivity index (χ1v) is 8.25. The molecule has 2 unspecified atom stereocenters. The van der Waals surface area contributed by atoms with Crippen LogP contribution in [0.5, 0.6) is 0 Å². The van der Waals surface area contributed by atoms with Gasteiger partial charge in [-0.15, -0.1) is 10.2 Å². The van der Waals surface area contributed by atoms with E-state index in [0.29, 0.717) is 23.5 Å². The van der Waals surface area contributed by atoms with Crippen LogP contribution in [0.2, 0.25) is 0 Å². The molecule has 0 N–H and O–H groups in total. The third kappa shape index (κ3) is 3.33. The molecule has 0 bridgehead atoms. The predicted molar refractivity (Wildman–Crippen MR) is 83.3 cm³/mol. The number of aryl methyl sites for hydroxylation is 1. The molecule has 1 aliphatic heterocycles. The molecule has 0 saturated carbocycles. The van der Waals surface area contributed by atoms with Crippen molar-refractivity contribution in [2.75, 3.05) is 6.54 Å². The lowest BCUT2D eigenvalue weighted by Gasteiger charge is -2.19. The van der Waals surface area contributed by atoms with Crippen molar-refractivity contribution in [3.8, 4) is 0 Å². The molecule has 6 heteroatoms. The molecule has 2 atom stereocenters. The van der Waals surface area contributed by atoms with Gasteiger partial charge < -0.3 is 0 Å². The van der Waals surface area contributed by atoms with Crippen molar-refractivity contribution in [3.05, 3.63) is 45.4 Å². The largest absolute Gasteiger partial charge is 0.293 e. The molecule has 0 spiro atoms. The standard InChI is InChI=1S/C16H19F2N3S/c1-10-3-5-12(6-4-10)13-7-11(2)21(8-13)9-14-19-20-16(22-14)15(17)18/h3-6,11,13,15H,7-9H2,1-2H3. The molecule has 1 aromatic heterocycles. The average Bonchev–Trinajstić information content (AvgIpc) is 3.08. The summed E-state index contributed by atoms with van der Waals surface area (Å²) >= 11 is 1.01. The van der Waals surface area contributed by atoms with E-state index in [2.05, 4.69) is 53.2 Å². The van der Waals surface area contributed by atoms with E-state index in [1.54, 1.807) is 0 Å². The van der Waals surface area contributed by atoms with Crippen molar-refractivity contribution in [2.24, 2.45) is 0 Å². The van der Waals surface area contributed by atoms with Gasteiger partial charge in [0.1, 0.15) is 5.01 Å². The first-order chi connectivity index (χ1) is 10.5. The molecule has 118 valence electrons. The molecule has 3 nitrogen and oxygen atoms in total. The molecule has 2 aromatic rings. The Morgan fingerprint density at radius 1 is 1.27 bits per heavy atom. The smallest absolute Gasteiger partial charge is 0.291 e. The van der Waals surface area contributed by atoms with E-state index in [4.69, 9.17) is 0 Å². The van der Waals surface area contributed by atoms with Gasteiger partial charge in [-0.25, -0.2) is 8.78 Å². The Labute approximate surface area is 133 Å². The van der Waals surface area contributed by atoms with Crippen molar-refractivity contribution in [3.63, 3.8) is 0 Å². The van der Waals surface area contributed by atoms with Crippen LogP contribution in [0, 0.1) is 6.92 Å². The van der Waals surface area contributed by atoms with Crippen LogP contribution in [0.15, 0.2) is 24.3 Å². The number of hydrogen-bond donors (Lipinski definition) is 0. The quantitative estimate of drug-likeness (QED) is 0.846. The number of rotatable bonds is 4. The zero-order chi connectivity index (χ0) is 15.7. The van der Waals surface area contributed by atoms with Gasteiger partial charge in [0.05, 0.1) is 6.54 Å². The molecule has 1 aliphatic rings. The summed E-state index contributed by atoms with van der Waals surface area (Å²) in [7, 11) is 0. The van der Waals surface area contributed by atoms with E-state index < -0.39 is 6.43 Å². The summed E-state index contributed by atoms with van der Waals surface area (Å²) in [5.41, 5.74) is 2.62. The van der Waals surface area contributed by atoms with Gasteiger partial charge in [-0.05, 0) is 31.7 Å². The number of aromatic nitrogens is 2. The molecule has 0 radical (unpaired) electrons. The normalized spacial score (nSPS) is 22.6. The summed E-state index contributed by atoms with van der Waals surface area (Å²) in [6.45, 7) is 5.81. The third-order valence-corrected chi connectivity index (χ3v) is 5.18. The fourth-order valence-corrected chi connectivity index (χ4v) is 3.72. The Balaban J connectivity index is 1.66. The summed E-state index contributed by atoms with van der Waals surface area (Å²) in [5.74, 6) is 0.498. The Bertz CT molecular complexity index is 627. The molecule has 22 heavy (non-hydrogen) atoms. The van der Waals surface area contributed by atoms with Crippen LogP contribution in [0.25, 0.3) is 0 Å². The van der Waals surface area contributed by atoms with E-state index in [1.165, 1.54) is 11.1 Å². The van der Waals surface area contributed by atoms with Gasteiger partial charge in [0.15, 0.2) is 5.01 Å². The average molecular weight is 323 g/mol. The zero-order valence-electron chi connectivity index (χ0n) is 12.7. The number of benzene rings is 1. The summed E-state index contributed by atoms with van der Waals surface area (Å²) in [4.78, 5) is 2.31. The van der Waals surface area contributed by atoms with Crippen molar-refractivity contribution >= 4 is 11.3 Å². The topological polar surface area (TPSA) is 29.0 Å². The van der Waals surface area contributed by atoms with Gasteiger partial charge >= 0.3 is 0 Å². The number of likely N-dealkylation sites (tertiary alicyclic amines) is 1. The SMILES string of the molecule is Cc1ccc(C2CC(C)N(Cc3nnc(C(F)F)s3)C2)cc1. The van der Waals surface area contributed by atoms with Crippen LogP contribution in [-0.4, -0.2) is 27.7 Å². The van der Waals surface area contributed by atoms with E-state index in [9.17, 15) is 8.78 Å². The number of alkyl halides is 2. The lowest BCUT2D eigenvalue weighted by Crippen LogP contribution is -2.26. The monoisotopic (exact) mass is 323 g/mol. The molecule has 0 amide bonds. The Hall–Kier alpha value is -1.40.